The first-order valence-corrected chi connectivity index (χ1v) is 11.3. The van der Waals surface area contributed by atoms with E-state index in [1.807, 2.05) is 35.8 Å². The van der Waals surface area contributed by atoms with Crippen LogP contribution in [0.15, 0.2) is 36.4 Å². The molecular formula is C23H24ClF3N6O. The van der Waals surface area contributed by atoms with E-state index in [1.165, 1.54) is 13.0 Å². The number of nitrogens with zero attached hydrogens (tertiary/aromatic N) is 5. The molecule has 0 unspecified atom stereocenters. The van der Waals surface area contributed by atoms with Crippen molar-refractivity contribution in [1.29, 1.82) is 0 Å². The van der Waals surface area contributed by atoms with Crippen molar-refractivity contribution in [2.24, 2.45) is 0 Å². The number of hydrogen-bond acceptors (Lipinski definition) is 4. The van der Waals surface area contributed by atoms with Gasteiger partial charge in [-0.05, 0) is 49.6 Å². The number of benzene rings is 1. The number of aryl methyl sites for hydroxylation is 2. The minimum absolute atomic E-state index is 0.0955. The molecule has 0 saturated carbocycles. The summed E-state index contributed by atoms with van der Waals surface area (Å²) in [5.41, 5.74) is 0.365. The zero-order chi connectivity index (χ0) is 24.5. The lowest BCUT2D eigenvalue weighted by molar-refractivity contribution is -0.141. The number of pyridine rings is 1. The number of likely N-dealkylation sites (tertiary alicyclic amines) is 1. The van der Waals surface area contributed by atoms with Crippen LogP contribution < -0.4 is 5.32 Å². The molecular weight excluding hydrogens is 469 g/mol. The summed E-state index contributed by atoms with van der Waals surface area (Å²) in [5.74, 6) is 1.49. The summed E-state index contributed by atoms with van der Waals surface area (Å²) in [5, 5.41) is 12.1. The van der Waals surface area contributed by atoms with Gasteiger partial charge in [-0.25, -0.2) is 9.78 Å². The first-order chi connectivity index (χ1) is 16.2. The van der Waals surface area contributed by atoms with Gasteiger partial charge in [0.1, 0.15) is 11.5 Å². The fourth-order valence-corrected chi connectivity index (χ4v) is 4.24. The number of carbonyl (C=O) groups excluding carboxylic acids is 1. The van der Waals surface area contributed by atoms with E-state index in [9.17, 15) is 18.0 Å². The number of anilines is 1. The highest BCUT2D eigenvalue weighted by atomic mass is 35.5. The Morgan fingerprint density at radius 1 is 1.18 bits per heavy atom. The summed E-state index contributed by atoms with van der Waals surface area (Å²) in [7, 11) is 0. The lowest BCUT2D eigenvalue weighted by Crippen LogP contribution is -2.36. The van der Waals surface area contributed by atoms with Crippen molar-refractivity contribution in [2.45, 2.75) is 51.9 Å². The van der Waals surface area contributed by atoms with Crippen molar-refractivity contribution in [3.8, 4) is 0 Å². The highest BCUT2D eigenvalue weighted by Crippen LogP contribution is 2.33. The third-order valence-corrected chi connectivity index (χ3v) is 6.11. The Labute approximate surface area is 200 Å². The van der Waals surface area contributed by atoms with Crippen LogP contribution in [0.1, 0.15) is 54.4 Å². The second-order valence-corrected chi connectivity index (χ2v) is 8.59. The first-order valence-electron chi connectivity index (χ1n) is 11.0. The molecule has 2 amide bonds. The Bertz CT molecular complexity index is 1180. The van der Waals surface area contributed by atoms with E-state index < -0.39 is 17.9 Å². The fourth-order valence-electron chi connectivity index (χ4n) is 4.12. The van der Waals surface area contributed by atoms with Crippen molar-refractivity contribution >= 4 is 23.3 Å². The topological polar surface area (TPSA) is 75.9 Å². The number of amides is 2. The average molecular weight is 493 g/mol. The quantitative estimate of drug-likeness (QED) is 0.500. The van der Waals surface area contributed by atoms with Crippen LogP contribution in [0.4, 0.5) is 23.7 Å². The van der Waals surface area contributed by atoms with E-state index in [4.69, 9.17) is 11.6 Å². The minimum Gasteiger partial charge on any atom is -0.314 e. The van der Waals surface area contributed by atoms with E-state index >= 15 is 0 Å². The van der Waals surface area contributed by atoms with E-state index in [0.29, 0.717) is 36.8 Å². The molecule has 1 atom stereocenters. The number of halogens is 4. The van der Waals surface area contributed by atoms with Gasteiger partial charge in [-0.15, -0.1) is 10.2 Å². The number of carbonyl (C=O) groups is 1. The molecule has 180 valence electrons. The third-order valence-electron chi connectivity index (χ3n) is 5.86. The van der Waals surface area contributed by atoms with Crippen LogP contribution >= 0.6 is 11.6 Å². The lowest BCUT2D eigenvalue weighted by atomic mass is 10.2. The van der Waals surface area contributed by atoms with Gasteiger partial charge in [-0.3, -0.25) is 0 Å². The van der Waals surface area contributed by atoms with Crippen LogP contribution in [-0.2, 0) is 19.1 Å². The van der Waals surface area contributed by atoms with E-state index in [-0.39, 0.29) is 17.4 Å². The minimum atomic E-state index is -4.54. The zero-order valence-corrected chi connectivity index (χ0v) is 19.5. The molecule has 34 heavy (non-hydrogen) atoms. The Balaban J connectivity index is 1.56. The van der Waals surface area contributed by atoms with Crippen molar-refractivity contribution in [3.63, 3.8) is 0 Å². The van der Waals surface area contributed by atoms with Crippen LogP contribution in [0.2, 0.25) is 5.02 Å². The highest BCUT2D eigenvalue weighted by Gasteiger charge is 2.35. The van der Waals surface area contributed by atoms with Gasteiger partial charge in [0.05, 0.1) is 24.0 Å². The largest absolute Gasteiger partial charge is 0.433 e. The zero-order valence-electron chi connectivity index (χ0n) is 18.7. The Morgan fingerprint density at radius 3 is 2.56 bits per heavy atom. The molecule has 0 radical (unpaired) electrons. The second-order valence-electron chi connectivity index (χ2n) is 8.15. The predicted molar refractivity (Wildman–Crippen MR) is 122 cm³/mol. The van der Waals surface area contributed by atoms with Crippen LogP contribution in [0.3, 0.4) is 0 Å². The maximum Gasteiger partial charge on any atom is 0.433 e. The van der Waals surface area contributed by atoms with Crippen LogP contribution in [0.25, 0.3) is 0 Å². The van der Waals surface area contributed by atoms with E-state index in [0.717, 1.165) is 23.9 Å². The van der Waals surface area contributed by atoms with Crippen LogP contribution in [0.5, 0.6) is 0 Å². The van der Waals surface area contributed by atoms with Gasteiger partial charge in [0.25, 0.3) is 0 Å². The Morgan fingerprint density at radius 2 is 1.91 bits per heavy atom. The molecule has 11 heteroatoms. The molecule has 1 saturated heterocycles. The van der Waals surface area contributed by atoms with Crippen LogP contribution in [0, 0.1) is 6.92 Å². The van der Waals surface area contributed by atoms with Crippen molar-refractivity contribution in [3.05, 3.63) is 70.0 Å². The smallest absolute Gasteiger partial charge is 0.314 e. The van der Waals surface area contributed by atoms with Crippen molar-refractivity contribution in [1.82, 2.24) is 24.6 Å². The van der Waals surface area contributed by atoms with Crippen molar-refractivity contribution < 1.29 is 18.0 Å². The number of nitrogens with one attached hydrogen (secondary N) is 1. The molecule has 0 bridgehead atoms. The fraction of sp³-hybridized carbons (Fsp3) is 0.391. The maximum atomic E-state index is 13.1. The molecule has 2 aromatic heterocycles. The summed E-state index contributed by atoms with van der Waals surface area (Å²) in [4.78, 5) is 18.3. The number of alkyl halides is 3. The predicted octanol–water partition coefficient (Wildman–Crippen LogP) is 5.63. The van der Waals surface area contributed by atoms with E-state index in [2.05, 4.69) is 20.5 Å². The summed E-state index contributed by atoms with van der Waals surface area (Å²) < 4.78 is 40.8. The summed E-state index contributed by atoms with van der Waals surface area (Å²) >= 11 is 6.01. The van der Waals surface area contributed by atoms with Gasteiger partial charge >= 0.3 is 12.2 Å². The molecule has 1 aliphatic rings. The second kappa shape index (κ2) is 9.61. The average Bonchev–Trinajstić information content (AvgIpc) is 3.42. The molecule has 1 aromatic carbocycles. The lowest BCUT2D eigenvalue weighted by Gasteiger charge is -2.25. The number of aromatic nitrogens is 4. The molecule has 1 aliphatic heterocycles. The number of rotatable bonds is 5. The monoisotopic (exact) mass is 492 g/mol. The molecule has 1 fully saturated rings. The summed E-state index contributed by atoms with van der Waals surface area (Å²) in [6.45, 7) is 4.46. The number of hydrogen-bond donors (Lipinski definition) is 1. The molecule has 1 N–H and O–H groups in total. The van der Waals surface area contributed by atoms with Gasteiger partial charge in [-0.1, -0.05) is 30.7 Å². The van der Waals surface area contributed by atoms with Crippen molar-refractivity contribution in [2.75, 3.05) is 11.9 Å². The molecule has 0 spiro atoms. The summed E-state index contributed by atoms with van der Waals surface area (Å²) in [6, 6.07) is 8.89. The maximum absolute atomic E-state index is 13.1. The molecule has 3 heterocycles. The SMILES string of the molecule is CCc1nnc([C@H]2CCCN2C(=O)Nc2ccc(C(F)(F)F)nc2C)n1Cc1ccc(Cl)cc1. The normalized spacial score (nSPS) is 16.2. The van der Waals surface area contributed by atoms with Gasteiger partial charge < -0.3 is 14.8 Å². The van der Waals surface area contributed by atoms with E-state index in [1.54, 1.807) is 4.90 Å². The molecule has 3 aromatic rings. The van der Waals surface area contributed by atoms with Gasteiger partial charge in [0.2, 0.25) is 0 Å². The molecule has 0 aliphatic carbocycles. The number of urea groups is 1. The Kier molecular flexibility index (Phi) is 6.79. The van der Waals surface area contributed by atoms with Gasteiger partial charge in [-0.2, -0.15) is 13.2 Å². The standard InChI is InChI=1S/C23H24ClF3N6O/c1-3-20-30-31-21(33(20)13-15-6-8-16(24)9-7-15)18-5-4-12-32(18)22(34)29-17-10-11-19(23(25,26)27)28-14(17)2/h6-11,18H,3-5,12-13H2,1-2H3,(H,29,34)/t18-/m1/s1. The first kappa shape index (κ1) is 24.0. The summed E-state index contributed by atoms with van der Waals surface area (Å²) in [6.07, 6.45) is -2.38. The van der Waals surface area contributed by atoms with Gasteiger partial charge in [0.15, 0.2) is 5.82 Å². The highest BCUT2D eigenvalue weighted by molar-refractivity contribution is 6.30. The Hall–Kier alpha value is -3.14. The van der Waals surface area contributed by atoms with Crippen LogP contribution in [-0.4, -0.2) is 37.2 Å². The molecule has 4 rings (SSSR count). The molecule has 7 nitrogen and oxygen atoms in total. The third kappa shape index (κ3) is 5.01. The van der Waals surface area contributed by atoms with Gasteiger partial charge in [0, 0.05) is 18.0 Å².